The van der Waals surface area contributed by atoms with Gasteiger partial charge in [0.2, 0.25) is 0 Å². The van der Waals surface area contributed by atoms with E-state index in [9.17, 15) is 4.79 Å². The summed E-state index contributed by atoms with van der Waals surface area (Å²) in [6.07, 6.45) is 0. The van der Waals surface area contributed by atoms with Gasteiger partial charge in [0.15, 0.2) is 0 Å². The average molecular weight is 316 g/mol. The normalized spacial score (nSPS) is 10.2. The Balaban J connectivity index is 1.84. The van der Waals surface area contributed by atoms with E-state index in [1.165, 1.54) is 5.56 Å². The Morgan fingerprint density at radius 3 is 2.08 bits per heavy atom. The molecule has 0 saturated heterocycles. The molecule has 0 heterocycles. The quantitative estimate of drug-likeness (QED) is 0.686. The van der Waals surface area contributed by atoms with Crippen LogP contribution in [0.25, 0.3) is 0 Å². The number of para-hydroxylation sites is 1. The fraction of sp³-hybridized carbons (Fsp3) is 0.0952. The van der Waals surface area contributed by atoms with E-state index >= 15 is 0 Å². The molecule has 0 aromatic heterocycles. The first-order chi connectivity index (χ1) is 11.6. The van der Waals surface area contributed by atoms with Crippen LogP contribution in [0.15, 0.2) is 72.8 Å². The summed E-state index contributed by atoms with van der Waals surface area (Å²) < 4.78 is 0. The van der Waals surface area contributed by atoms with Crippen molar-refractivity contribution in [2.75, 3.05) is 10.6 Å². The molecular weight excluding hydrogens is 296 g/mol. The van der Waals surface area contributed by atoms with Gasteiger partial charge in [0.1, 0.15) is 0 Å². The summed E-state index contributed by atoms with van der Waals surface area (Å²) in [6.45, 7) is 4.05. The van der Waals surface area contributed by atoms with Gasteiger partial charge in [-0.1, -0.05) is 36.4 Å². The van der Waals surface area contributed by atoms with Crippen LogP contribution in [-0.4, -0.2) is 5.91 Å². The lowest BCUT2D eigenvalue weighted by atomic mass is 10.1. The minimum Gasteiger partial charge on any atom is -0.355 e. The Bertz CT molecular complexity index is 871. The topological polar surface area (TPSA) is 41.1 Å². The maximum atomic E-state index is 12.7. The molecule has 0 aliphatic heterocycles. The molecule has 0 radical (unpaired) electrons. The molecule has 0 spiro atoms. The highest BCUT2D eigenvalue weighted by Gasteiger charge is 2.11. The Morgan fingerprint density at radius 2 is 1.38 bits per heavy atom. The largest absolute Gasteiger partial charge is 0.355 e. The number of rotatable bonds is 4. The molecule has 0 atom stereocenters. The van der Waals surface area contributed by atoms with Crippen molar-refractivity contribution in [3.63, 3.8) is 0 Å². The Labute approximate surface area is 142 Å². The summed E-state index contributed by atoms with van der Waals surface area (Å²) in [6, 6.07) is 23.4. The monoisotopic (exact) mass is 316 g/mol. The van der Waals surface area contributed by atoms with Gasteiger partial charge in [-0.2, -0.15) is 0 Å². The lowest BCUT2D eigenvalue weighted by Crippen LogP contribution is -2.13. The summed E-state index contributed by atoms with van der Waals surface area (Å²) in [7, 11) is 0. The number of hydrogen-bond donors (Lipinski definition) is 2. The Hall–Kier alpha value is -3.07. The number of carbonyl (C=O) groups is 1. The van der Waals surface area contributed by atoms with Gasteiger partial charge in [-0.3, -0.25) is 4.79 Å². The highest BCUT2D eigenvalue weighted by atomic mass is 16.1. The number of anilines is 3. The Morgan fingerprint density at radius 1 is 0.750 bits per heavy atom. The maximum Gasteiger partial charge on any atom is 0.257 e. The molecule has 0 aliphatic rings. The minimum atomic E-state index is -0.128. The SMILES string of the molecule is Cc1cccc(NC(=O)c2ccccc2Nc2cccc(C)c2)c1. The van der Waals surface area contributed by atoms with Gasteiger partial charge in [-0.05, 0) is 61.4 Å². The molecule has 3 nitrogen and oxygen atoms in total. The molecule has 3 rings (SSSR count). The molecule has 0 fully saturated rings. The first kappa shape index (κ1) is 15.8. The predicted octanol–water partition coefficient (Wildman–Crippen LogP) is 5.30. The van der Waals surface area contributed by atoms with Gasteiger partial charge in [0.25, 0.3) is 5.91 Å². The molecule has 2 N–H and O–H groups in total. The maximum absolute atomic E-state index is 12.7. The van der Waals surface area contributed by atoms with Gasteiger partial charge in [0.05, 0.1) is 11.3 Å². The molecule has 3 aromatic rings. The van der Waals surface area contributed by atoms with Crippen molar-refractivity contribution in [2.24, 2.45) is 0 Å². The number of carbonyl (C=O) groups excluding carboxylic acids is 1. The molecule has 0 aliphatic carbocycles. The summed E-state index contributed by atoms with van der Waals surface area (Å²) in [4.78, 5) is 12.7. The van der Waals surface area contributed by atoms with Crippen molar-refractivity contribution in [3.05, 3.63) is 89.5 Å². The third-order valence-corrected chi connectivity index (χ3v) is 3.74. The summed E-state index contributed by atoms with van der Waals surface area (Å²) in [5.41, 5.74) is 5.44. The molecule has 24 heavy (non-hydrogen) atoms. The zero-order chi connectivity index (χ0) is 16.9. The van der Waals surface area contributed by atoms with Crippen LogP contribution in [0.2, 0.25) is 0 Å². The van der Waals surface area contributed by atoms with E-state index < -0.39 is 0 Å². The average Bonchev–Trinajstić information content (AvgIpc) is 2.55. The van der Waals surface area contributed by atoms with Crippen LogP contribution in [0.1, 0.15) is 21.5 Å². The highest BCUT2D eigenvalue weighted by Crippen LogP contribution is 2.22. The van der Waals surface area contributed by atoms with Crippen molar-refractivity contribution in [3.8, 4) is 0 Å². The van der Waals surface area contributed by atoms with Crippen molar-refractivity contribution >= 4 is 23.0 Å². The molecule has 3 heteroatoms. The van der Waals surface area contributed by atoms with Gasteiger partial charge in [-0.25, -0.2) is 0 Å². The molecule has 0 saturated carbocycles. The van der Waals surface area contributed by atoms with Crippen LogP contribution in [0.3, 0.4) is 0 Å². The van der Waals surface area contributed by atoms with Gasteiger partial charge >= 0.3 is 0 Å². The second-order valence-corrected chi connectivity index (χ2v) is 5.86. The van der Waals surface area contributed by atoms with Crippen molar-refractivity contribution in [1.29, 1.82) is 0 Å². The third kappa shape index (κ3) is 3.82. The smallest absolute Gasteiger partial charge is 0.257 e. The fourth-order valence-electron chi connectivity index (χ4n) is 2.59. The molecular formula is C21H20N2O. The van der Waals surface area contributed by atoms with Crippen molar-refractivity contribution in [2.45, 2.75) is 13.8 Å². The van der Waals surface area contributed by atoms with E-state index in [1.54, 1.807) is 0 Å². The summed E-state index contributed by atoms with van der Waals surface area (Å²) in [5, 5.41) is 6.29. The van der Waals surface area contributed by atoms with Crippen LogP contribution in [0.4, 0.5) is 17.1 Å². The molecule has 3 aromatic carbocycles. The second-order valence-electron chi connectivity index (χ2n) is 5.86. The number of nitrogens with one attached hydrogen (secondary N) is 2. The number of hydrogen-bond acceptors (Lipinski definition) is 2. The summed E-state index contributed by atoms with van der Waals surface area (Å²) in [5.74, 6) is -0.128. The van der Waals surface area contributed by atoms with Crippen molar-refractivity contribution in [1.82, 2.24) is 0 Å². The van der Waals surface area contributed by atoms with Gasteiger partial charge in [-0.15, -0.1) is 0 Å². The number of amides is 1. The third-order valence-electron chi connectivity index (χ3n) is 3.74. The van der Waals surface area contributed by atoms with E-state index in [2.05, 4.69) is 16.7 Å². The Kier molecular flexibility index (Phi) is 4.62. The van der Waals surface area contributed by atoms with Crippen LogP contribution >= 0.6 is 0 Å². The van der Waals surface area contributed by atoms with Crippen LogP contribution in [0.5, 0.6) is 0 Å². The van der Waals surface area contributed by atoms with E-state index in [0.29, 0.717) is 5.56 Å². The lowest BCUT2D eigenvalue weighted by Gasteiger charge is -2.13. The molecule has 0 unspecified atom stereocenters. The van der Waals surface area contributed by atoms with E-state index in [4.69, 9.17) is 0 Å². The first-order valence-corrected chi connectivity index (χ1v) is 7.92. The van der Waals surface area contributed by atoms with E-state index in [1.807, 2.05) is 80.6 Å². The van der Waals surface area contributed by atoms with Gasteiger partial charge < -0.3 is 10.6 Å². The fourth-order valence-corrected chi connectivity index (χ4v) is 2.59. The molecule has 120 valence electrons. The van der Waals surface area contributed by atoms with Crippen molar-refractivity contribution < 1.29 is 4.79 Å². The minimum absolute atomic E-state index is 0.128. The zero-order valence-corrected chi connectivity index (χ0v) is 13.8. The van der Waals surface area contributed by atoms with Crippen LogP contribution in [0, 0.1) is 13.8 Å². The number of aryl methyl sites for hydroxylation is 2. The highest BCUT2D eigenvalue weighted by molar-refractivity contribution is 6.08. The van der Waals surface area contributed by atoms with E-state index in [0.717, 1.165) is 22.6 Å². The van der Waals surface area contributed by atoms with Crippen LogP contribution < -0.4 is 10.6 Å². The zero-order valence-electron chi connectivity index (χ0n) is 13.8. The second kappa shape index (κ2) is 7.01. The number of benzene rings is 3. The molecule has 1 amide bonds. The van der Waals surface area contributed by atoms with Gasteiger partial charge in [0, 0.05) is 11.4 Å². The lowest BCUT2D eigenvalue weighted by molar-refractivity contribution is 0.102. The first-order valence-electron chi connectivity index (χ1n) is 7.92. The van der Waals surface area contributed by atoms with Crippen LogP contribution in [-0.2, 0) is 0 Å². The summed E-state index contributed by atoms with van der Waals surface area (Å²) >= 11 is 0. The molecule has 0 bridgehead atoms. The van der Waals surface area contributed by atoms with E-state index in [-0.39, 0.29) is 5.91 Å². The standard InChI is InChI=1S/C21H20N2O/c1-15-7-5-9-17(13-15)22-20-12-4-3-11-19(20)21(24)23-18-10-6-8-16(2)14-18/h3-14,22H,1-2H3,(H,23,24). The predicted molar refractivity (Wildman–Crippen MR) is 100 cm³/mol.